The van der Waals surface area contributed by atoms with Crippen molar-refractivity contribution in [2.24, 2.45) is 0 Å². The largest absolute Gasteiger partial charge is 0.744 e. The molecule has 4 rings (SSSR count). The molecule has 0 aliphatic carbocycles. The molecule has 0 atom stereocenters. The fourth-order valence-corrected chi connectivity index (χ4v) is 4.69. The first-order chi connectivity index (χ1) is 17.7. The van der Waals surface area contributed by atoms with Crippen molar-refractivity contribution in [2.75, 3.05) is 0 Å². The van der Waals surface area contributed by atoms with Gasteiger partial charge in [0.15, 0.2) is 9.95 Å². The normalized spacial score (nSPS) is 10.7. The third-order valence-electron chi connectivity index (χ3n) is 4.89. The van der Waals surface area contributed by atoms with Crippen molar-refractivity contribution in [1.29, 1.82) is 10.8 Å². The monoisotopic (exact) mass is 592 g/mol. The Morgan fingerprint density at radius 1 is 0.632 bits per heavy atom. The van der Waals surface area contributed by atoms with Gasteiger partial charge in [-0.1, -0.05) is 47.5 Å². The summed E-state index contributed by atoms with van der Waals surface area (Å²) in [6.45, 7) is 3.72. The molecule has 196 valence electrons. The Hall–Kier alpha value is -3.62. The zero-order valence-corrected chi connectivity index (χ0v) is 22.9. The van der Waals surface area contributed by atoms with Gasteiger partial charge in [-0.05, 0) is 49.2 Å². The SMILES string of the molecule is Cc1cc([N+]#N)ccc1Cl.Cc1cc([N+]#N)ccc1Cl.O=S(=O)([O-])c1cccc2c(S(=O)(=O)[O-])cccc12. The molecule has 0 radical (unpaired) electrons. The zero-order valence-electron chi connectivity index (χ0n) is 19.7. The summed E-state index contributed by atoms with van der Waals surface area (Å²) in [5, 5.41) is 17.9. The first kappa shape index (κ1) is 30.6. The van der Waals surface area contributed by atoms with Crippen LogP contribution in [0.1, 0.15) is 11.1 Å². The Bertz CT molecular complexity index is 1670. The minimum atomic E-state index is -4.74. The third kappa shape index (κ3) is 8.19. The van der Waals surface area contributed by atoms with Crippen LogP contribution in [-0.2, 0) is 20.2 Å². The average Bonchev–Trinajstić information content (AvgIpc) is 2.86. The number of diazo groups is 2. The van der Waals surface area contributed by atoms with E-state index in [9.17, 15) is 25.9 Å². The first-order valence-corrected chi connectivity index (χ1v) is 13.9. The lowest BCUT2D eigenvalue weighted by atomic mass is 10.1. The van der Waals surface area contributed by atoms with Crippen molar-refractivity contribution in [2.45, 2.75) is 23.6 Å². The second-order valence-corrected chi connectivity index (χ2v) is 11.1. The number of nitrogens with zero attached hydrogens (tertiary/aromatic N) is 4. The van der Waals surface area contributed by atoms with Crippen LogP contribution in [0.15, 0.2) is 82.6 Å². The summed E-state index contributed by atoms with van der Waals surface area (Å²) in [6.07, 6.45) is 0. The Kier molecular flexibility index (Phi) is 10.3. The maximum absolute atomic E-state index is 11.0. The van der Waals surface area contributed by atoms with Crippen LogP contribution in [0.2, 0.25) is 10.0 Å². The van der Waals surface area contributed by atoms with E-state index in [0.29, 0.717) is 21.4 Å². The van der Waals surface area contributed by atoms with Crippen molar-refractivity contribution in [3.8, 4) is 0 Å². The van der Waals surface area contributed by atoms with Gasteiger partial charge in [0.25, 0.3) is 0 Å². The molecule has 0 amide bonds. The Balaban J connectivity index is 0.000000216. The molecule has 0 heterocycles. The number of hydrogen-bond acceptors (Lipinski definition) is 8. The summed E-state index contributed by atoms with van der Waals surface area (Å²) < 4.78 is 66.1. The third-order valence-corrected chi connectivity index (χ3v) is 7.53. The van der Waals surface area contributed by atoms with Gasteiger partial charge >= 0.3 is 11.4 Å². The second-order valence-electron chi connectivity index (χ2n) is 7.58. The highest BCUT2D eigenvalue weighted by atomic mass is 35.5. The van der Waals surface area contributed by atoms with Crippen molar-refractivity contribution in [3.05, 3.63) is 104 Å². The van der Waals surface area contributed by atoms with E-state index in [1.54, 1.807) is 36.4 Å². The Morgan fingerprint density at radius 2 is 0.974 bits per heavy atom. The summed E-state index contributed by atoms with van der Waals surface area (Å²) in [7, 11) is -9.48. The predicted octanol–water partition coefficient (Wildman–Crippen LogP) is 6.91. The molecule has 38 heavy (non-hydrogen) atoms. The number of hydrogen-bond donors (Lipinski definition) is 0. The summed E-state index contributed by atoms with van der Waals surface area (Å²) in [6, 6.07) is 17.2. The Labute approximate surface area is 229 Å². The summed E-state index contributed by atoms with van der Waals surface area (Å²) in [4.78, 5) is 4.93. The van der Waals surface area contributed by atoms with Gasteiger partial charge in [0.05, 0.1) is 9.79 Å². The molecular formula is C24H18Cl2N4O6S2. The van der Waals surface area contributed by atoms with Crippen LogP contribution >= 0.6 is 23.2 Å². The molecule has 0 fully saturated rings. The zero-order chi connectivity index (χ0) is 28.7. The van der Waals surface area contributed by atoms with Crippen LogP contribution in [0.4, 0.5) is 11.4 Å². The van der Waals surface area contributed by atoms with Crippen LogP contribution in [0.25, 0.3) is 20.7 Å². The maximum atomic E-state index is 11.0. The van der Waals surface area contributed by atoms with Gasteiger partial charge in [-0.2, -0.15) is 0 Å². The van der Waals surface area contributed by atoms with Crippen LogP contribution in [0.5, 0.6) is 0 Å². The number of benzene rings is 4. The van der Waals surface area contributed by atoms with Crippen molar-refractivity contribution < 1.29 is 25.9 Å². The minimum absolute atomic E-state index is 0.0792. The van der Waals surface area contributed by atoms with Crippen LogP contribution < -0.4 is 0 Å². The van der Waals surface area contributed by atoms with Gasteiger partial charge < -0.3 is 9.11 Å². The van der Waals surface area contributed by atoms with Crippen LogP contribution in [0, 0.1) is 24.6 Å². The van der Waals surface area contributed by atoms with Crippen molar-refractivity contribution >= 4 is 65.6 Å². The lowest BCUT2D eigenvalue weighted by molar-refractivity contribution is 0.461. The van der Waals surface area contributed by atoms with Crippen LogP contribution in [-0.4, -0.2) is 25.9 Å². The van der Waals surface area contributed by atoms with Gasteiger partial charge in [-0.25, -0.2) is 16.8 Å². The quantitative estimate of drug-likeness (QED) is 0.178. The summed E-state index contributed by atoms with van der Waals surface area (Å²) in [5.41, 5.74) is 2.89. The van der Waals surface area contributed by atoms with E-state index in [1.165, 1.54) is 24.3 Å². The fourth-order valence-electron chi connectivity index (χ4n) is 3.07. The predicted molar refractivity (Wildman–Crippen MR) is 142 cm³/mol. The van der Waals surface area contributed by atoms with E-state index in [4.69, 9.17) is 34.0 Å². The molecule has 10 nitrogen and oxygen atoms in total. The molecule has 4 aromatic rings. The van der Waals surface area contributed by atoms with Gasteiger partial charge in [0, 0.05) is 45.1 Å². The lowest BCUT2D eigenvalue weighted by Crippen LogP contribution is -2.03. The van der Waals surface area contributed by atoms with Gasteiger partial charge in [0.2, 0.25) is 10.8 Å². The summed E-state index contributed by atoms with van der Waals surface area (Å²) in [5.74, 6) is 0. The molecule has 0 saturated carbocycles. The summed E-state index contributed by atoms with van der Waals surface area (Å²) >= 11 is 11.4. The van der Waals surface area contributed by atoms with Crippen molar-refractivity contribution in [3.63, 3.8) is 0 Å². The molecule has 4 aromatic carbocycles. The highest BCUT2D eigenvalue weighted by molar-refractivity contribution is 7.86. The first-order valence-electron chi connectivity index (χ1n) is 10.3. The number of aryl methyl sites for hydroxylation is 2. The highest BCUT2D eigenvalue weighted by Gasteiger charge is 2.12. The Morgan fingerprint density at radius 3 is 1.24 bits per heavy atom. The van der Waals surface area contributed by atoms with E-state index in [1.807, 2.05) is 13.8 Å². The molecule has 0 bridgehead atoms. The molecule has 0 unspecified atom stereocenters. The van der Waals surface area contributed by atoms with E-state index in [0.717, 1.165) is 23.3 Å². The fraction of sp³-hybridized carbons (Fsp3) is 0.0833. The number of halogens is 2. The lowest BCUT2D eigenvalue weighted by Gasteiger charge is -2.14. The van der Waals surface area contributed by atoms with E-state index >= 15 is 0 Å². The molecule has 0 aliphatic heterocycles. The smallest absolute Gasteiger partial charge is 0.385 e. The van der Waals surface area contributed by atoms with Crippen molar-refractivity contribution in [1.82, 2.24) is 0 Å². The molecule has 14 heteroatoms. The minimum Gasteiger partial charge on any atom is -0.744 e. The second kappa shape index (κ2) is 12.8. The standard InChI is InChI=1S/C10H8O6S2.2C7H6ClN2/c11-17(12,13)9-5-1-3-7-8(9)4-2-6-10(7)18(14,15)16;2*1-5-4-6(10-9)2-3-7(5)8/h1-6H,(H,11,12,13)(H,14,15,16);2*2-4H,1H3/q;2*+1/p-2. The molecule has 0 N–H and O–H groups in total. The number of rotatable bonds is 2. The molecule has 0 aromatic heterocycles. The van der Waals surface area contributed by atoms with Gasteiger partial charge in [-0.15, -0.1) is 0 Å². The molecule has 0 spiro atoms. The van der Waals surface area contributed by atoms with E-state index < -0.39 is 30.0 Å². The topological polar surface area (TPSA) is 171 Å². The molecule has 0 aliphatic rings. The van der Waals surface area contributed by atoms with Crippen LogP contribution in [0.3, 0.4) is 0 Å². The number of fused-ring (bicyclic) bond motifs is 1. The maximum Gasteiger partial charge on any atom is 0.385 e. The van der Waals surface area contributed by atoms with Gasteiger partial charge in [0.1, 0.15) is 20.2 Å². The van der Waals surface area contributed by atoms with E-state index in [-0.39, 0.29) is 10.8 Å². The molecular weight excluding hydrogens is 575 g/mol. The average molecular weight is 593 g/mol. The molecule has 0 saturated heterocycles. The highest BCUT2D eigenvalue weighted by Crippen LogP contribution is 2.28. The van der Waals surface area contributed by atoms with E-state index in [2.05, 4.69) is 9.95 Å². The van der Waals surface area contributed by atoms with Gasteiger partial charge in [-0.3, -0.25) is 0 Å².